The normalized spacial score (nSPS) is 14.0. The van der Waals surface area contributed by atoms with E-state index in [1.54, 1.807) is 12.4 Å². The average Bonchev–Trinajstić information content (AvgIpc) is 2.21. The molecule has 1 aliphatic heterocycles. The second kappa shape index (κ2) is 7.08. The minimum Gasteiger partial charge on any atom is -0.163 e. The van der Waals surface area contributed by atoms with Crippen molar-refractivity contribution in [2.75, 3.05) is 0 Å². The Labute approximate surface area is 56.0 Å². The quantitative estimate of drug-likeness (QED) is 0.472. The molecule has 1 aliphatic rings. The van der Waals surface area contributed by atoms with Gasteiger partial charge in [-0.05, 0) is 6.08 Å². The van der Waals surface area contributed by atoms with E-state index in [4.69, 9.17) is 0 Å². The molecule has 0 spiro atoms. The monoisotopic (exact) mass is 124 g/mol. The molecule has 0 aromatic heterocycles. The van der Waals surface area contributed by atoms with Crippen molar-refractivity contribution in [2.45, 2.75) is 20.3 Å². The molecule has 2 nitrogen and oxygen atoms in total. The first-order valence-corrected chi connectivity index (χ1v) is 3.20. The Morgan fingerprint density at radius 2 is 2.00 bits per heavy atom. The summed E-state index contributed by atoms with van der Waals surface area (Å²) in [6.07, 6.45) is 8.22. The van der Waals surface area contributed by atoms with Crippen LogP contribution in [-0.4, -0.2) is 12.4 Å². The maximum atomic E-state index is 3.65. The van der Waals surface area contributed by atoms with Gasteiger partial charge in [0.25, 0.3) is 0 Å². The smallest absolute Gasteiger partial charge is 0.0492 e. The van der Waals surface area contributed by atoms with Crippen molar-refractivity contribution in [2.24, 2.45) is 10.2 Å². The van der Waals surface area contributed by atoms with Crippen LogP contribution in [0.5, 0.6) is 0 Å². The van der Waals surface area contributed by atoms with Gasteiger partial charge in [0.05, 0.1) is 0 Å². The molecule has 0 amide bonds. The third-order valence-corrected chi connectivity index (χ3v) is 0.679. The highest BCUT2D eigenvalue weighted by molar-refractivity contribution is 5.74. The Kier molecular flexibility index (Phi) is 6.36. The molecular weight excluding hydrogens is 112 g/mol. The predicted molar refractivity (Wildman–Crippen MR) is 42.1 cm³/mol. The van der Waals surface area contributed by atoms with Gasteiger partial charge in [0.2, 0.25) is 0 Å². The van der Waals surface area contributed by atoms with Gasteiger partial charge in [-0.1, -0.05) is 19.9 Å². The predicted octanol–water partition coefficient (Wildman–Crippen LogP) is 2.03. The van der Waals surface area contributed by atoms with Gasteiger partial charge in [0.15, 0.2) is 0 Å². The molecule has 0 saturated heterocycles. The number of nitrogens with zero attached hydrogens (tertiary/aromatic N) is 2. The fraction of sp³-hybridized carbons (Fsp3) is 0.429. The molecule has 0 aliphatic carbocycles. The minimum absolute atomic E-state index is 0.903. The summed E-state index contributed by atoms with van der Waals surface area (Å²) >= 11 is 0. The van der Waals surface area contributed by atoms with Crippen LogP contribution in [0, 0.1) is 0 Å². The molecule has 0 N–H and O–H groups in total. The second-order valence-electron chi connectivity index (χ2n) is 1.23. The zero-order valence-corrected chi connectivity index (χ0v) is 5.91. The van der Waals surface area contributed by atoms with Gasteiger partial charge in [-0.2, -0.15) is 10.2 Å². The van der Waals surface area contributed by atoms with Gasteiger partial charge in [-0.15, -0.1) is 0 Å². The summed E-state index contributed by atoms with van der Waals surface area (Å²) in [5.41, 5.74) is 0. The maximum absolute atomic E-state index is 3.65. The Morgan fingerprint density at radius 3 is 2.78 bits per heavy atom. The first-order valence-electron chi connectivity index (χ1n) is 3.20. The molecule has 0 unspecified atom stereocenters. The van der Waals surface area contributed by atoms with E-state index in [0.29, 0.717) is 0 Å². The van der Waals surface area contributed by atoms with Crippen LogP contribution in [0.1, 0.15) is 20.3 Å². The Balaban J connectivity index is 0.000000291. The topological polar surface area (TPSA) is 24.7 Å². The molecule has 1 heterocycles. The largest absolute Gasteiger partial charge is 0.163 e. The van der Waals surface area contributed by atoms with Gasteiger partial charge < -0.3 is 0 Å². The van der Waals surface area contributed by atoms with E-state index in [0.717, 1.165) is 6.42 Å². The van der Waals surface area contributed by atoms with Crippen molar-refractivity contribution >= 4 is 12.4 Å². The molecule has 0 bridgehead atoms. The lowest BCUT2D eigenvalue weighted by molar-refractivity contribution is 1.26. The van der Waals surface area contributed by atoms with Crippen molar-refractivity contribution < 1.29 is 0 Å². The first-order chi connectivity index (χ1) is 4.50. The summed E-state index contributed by atoms with van der Waals surface area (Å²) in [4.78, 5) is 0. The lowest BCUT2D eigenvalue weighted by Crippen LogP contribution is -1.61. The number of hydrogen-bond acceptors (Lipinski definition) is 2. The van der Waals surface area contributed by atoms with Gasteiger partial charge in [0.1, 0.15) is 0 Å². The van der Waals surface area contributed by atoms with Crippen LogP contribution in [-0.2, 0) is 0 Å². The van der Waals surface area contributed by atoms with Crippen molar-refractivity contribution in [1.82, 2.24) is 0 Å². The van der Waals surface area contributed by atoms with Crippen LogP contribution < -0.4 is 0 Å². The molecule has 0 radical (unpaired) electrons. The third kappa shape index (κ3) is 4.94. The van der Waals surface area contributed by atoms with E-state index in [-0.39, 0.29) is 0 Å². The number of allylic oxidation sites excluding steroid dienone is 2. The van der Waals surface area contributed by atoms with Crippen LogP contribution in [0.25, 0.3) is 0 Å². The fourth-order valence-corrected chi connectivity index (χ4v) is 0.372. The molecule has 0 fully saturated rings. The zero-order chi connectivity index (χ0) is 6.95. The van der Waals surface area contributed by atoms with Crippen LogP contribution >= 0.6 is 0 Å². The lowest BCUT2D eigenvalue weighted by atomic mass is 10.4. The van der Waals surface area contributed by atoms with Crippen molar-refractivity contribution in [1.29, 1.82) is 0 Å². The Morgan fingerprint density at radius 1 is 1.22 bits per heavy atom. The molecule has 50 valence electrons. The highest BCUT2D eigenvalue weighted by Gasteiger charge is 1.72. The molecule has 0 aromatic rings. The SMILES string of the molecule is C1=CCC=NN=C1.CC. The third-order valence-electron chi connectivity index (χ3n) is 0.679. The molecule has 2 heteroatoms. The maximum Gasteiger partial charge on any atom is 0.0492 e. The van der Waals surface area contributed by atoms with Gasteiger partial charge in [-0.25, -0.2) is 0 Å². The first kappa shape index (κ1) is 8.08. The van der Waals surface area contributed by atoms with Gasteiger partial charge >= 0.3 is 0 Å². The van der Waals surface area contributed by atoms with Crippen molar-refractivity contribution in [3.05, 3.63) is 12.2 Å². The Hall–Kier alpha value is -0.920. The Bertz CT molecular complexity index is 109. The second-order valence-corrected chi connectivity index (χ2v) is 1.23. The number of hydrogen-bond donors (Lipinski definition) is 0. The van der Waals surface area contributed by atoms with Crippen LogP contribution in [0.2, 0.25) is 0 Å². The van der Waals surface area contributed by atoms with Crippen LogP contribution in [0.3, 0.4) is 0 Å². The molecule has 0 saturated carbocycles. The molecular formula is C7H12N2. The average molecular weight is 124 g/mol. The summed E-state index contributed by atoms with van der Waals surface area (Å²) < 4.78 is 0. The molecule has 0 aromatic carbocycles. The summed E-state index contributed by atoms with van der Waals surface area (Å²) in [6.45, 7) is 4.00. The summed E-state index contributed by atoms with van der Waals surface area (Å²) in [7, 11) is 0. The van der Waals surface area contributed by atoms with E-state index in [1.807, 2.05) is 26.0 Å². The van der Waals surface area contributed by atoms with E-state index < -0.39 is 0 Å². The zero-order valence-electron chi connectivity index (χ0n) is 5.91. The summed E-state index contributed by atoms with van der Waals surface area (Å²) in [5, 5.41) is 7.28. The molecule has 9 heavy (non-hydrogen) atoms. The van der Waals surface area contributed by atoms with E-state index in [1.165, 1.54) is 0 Å². The summed E-state index contributed by atoms with van der Waals surface area (Å²) in [6, 6.07) is 0. The van der Waals surface area contributed by atoms with Gasteiger partial charge in [0, 0.05) is 18.9 Å². The minimum atomic E-state index is 0.903. The number of rotatable bonds is 0. The van der Waals surface area contributed by atoms with E-state index in [2.05, 4.69) is 10.2 Å². The standard InChI is InChI=1S/C5H6N2.C2H6/c1-2-4-6-7-5-3-1;1-2/h1-2,4-5H,3H2;1-2H3. The fourth-order valence-electron chi connectivity index (χ4n) is 0.372. The van der Waals surface area contributed by atoms with Crippen LogP contribution in [0.15, 0.2) is 22.4 Å². The summed E-state index contributed by atoms with van der Waals surface area (Å²) in [5.74, 6) is 0. The van der Waals surface area contributed by atoms with E-state index in [9.17, 15) is 0 Å². The van der Waals surface area contributed by atoms with Crippen molar-refractivity contribution in [3.8, 4) is 0 Å². The lowest BCUT2D eigenvalue weighted by Gasteiger charge is -1.67. The van der Waals surface area contributed by atoms with Gasteiger partial charge in [-0.3, -0.25) is 0 Å². The van der Waals surface area contributed by atoms with E-state index >= 15 is 0 Å². The highest BCUT2D eigenvalue weighted by Crippen LogP contribution is 1.82. The molecule has 0 atom stereocenters. The van der Waals surface area contributed by atoms with Crippen molar-refractivity contribution in [3.63, 3.8) is 0 Å². The highest BCUT2D eigenvalue weighted by atomic mass is 15.2. The molecule has 1 rings (SSSR count). The van der Waals surface area contributed by atoms with Crippen LogP contribution in [0.4, 0.5) is 0 Å².